The van der Waals surface area contributed by atoms with Gasteiger partial charge in [0.25, 0.3) is 0 Å². The summed E-state index contributed by atoms with van der Waals surface area (Å²) in [6.45, 7) is 2.43. The summed E-state index contributed by atoms with van der Waals surface area (Å²) in [6.07, 6.45) is 0.343. The van der Waals surface area contributed by atoms with Crippen LogP contribution in [0.25, 0.3) is 5.69 Å². The summed E-state index contributed by atoms with van der Waals surface area (Å²) in [5, 5.41) is 7.49. The molecule has 0 amide bonds. The van der Waals surface area contributed by atoms with E-state index in [4.69, 9.17) is 9.47 Å². The lowest BCUT2D eigenvalue weighted by Crippen LogP contribution is -2.19. The van der Waals surface area contributed by atoms with E-state index in [0.29, 0.717) is 30.1 Å². The highest BCUT2D eigenvalue weighted by Gasteiger charge is 2.31. The van der Waals surface area contributed by atoms with Crippen molar-refractivity contribution in [2.75, 3.05) is 18.5 Å². The number of carbonyl (C=O) groups excluding carboxylic acids is 2. The van der Waals surface area contributed by atoms with Crippen LogP contribution in [0.1, 0.15) is 34.3 Å². The average molecular weight is 377 g/mol. The molecule has 0 aliphatic carbocycles. The molecule has 142 valence electrons. The number of aromatic nitrogens is 2. The maximum atomic E-state index is 12.5. The molecule has 7 nitrogen and oxygen atoms in total. The van der Waals surface area contributed by atoms with E-state index in [0.717, 1.165) is 5.75 Å². The zero-order chi connectivity index (χ0) is 19.5. The summed E-state index contributed by atoms with van der Waals surface area (Å²) < 4.78 is 12.4. The van der Waals surface area contributed by atoms with Crippen LogP contribution in [-0.4, -0.2) is 34.7 Å². The van der Waals surface area contributed by atoms with Gasteiger partial charge in [0.2, 0.25) is 0 Å². The van der Waals surface area contributed by atoms with Crippen LogP contribution in [0.15, 0.2) is 54.6 Å². The van der Waals surface area contributed by atoms with Crippen molar-refractivity contribution in [2.45, 2.75) is 13.3 Å². The molecule has 2 aromatic carbocycles. The number of fused-ring (bicyclic) bond motifs is 1. The fourth-order valence-electron chi connectivity index (χ4n) is 3.05. The van der Waals surface area contributed by atoms with Gasteiger partial charge in [-0.05, 0) is 43.3 Å². The summed E-state index contributed by atoms with van der Waals surface area (Å²) in [4.78, 5) is 24.8. The summed E-state index contributed by atoms with van der Waals surface area (Å²) >= 11 is 0. The molecule has 1 N–H and O–H groups in total. The van der Waals surface area contributed by atoms with Gasteiger partial charge in [-0.1, -0.05) is 18.2 Å². The van der Waals surface area contributed by atoms with Gasteiger partial charge in [-0.25, -0.2) is 9.48 Å². The molecule has 3 aromatic rings. The molecule has 28 heavy (non-hydrogen) atoms. The van der Waals surface area contributed by atoms with Crippen LogP contribution in [0.5, 0.6) is 11.5 Å². The number of carbonyl (C=O) groups is 2. The zero-order valence-electron chi connectivity index (χ0n) is 15.3. The Morgan fingerprint density at radius 3 is 2.54 bits per heavy atom. The van der Waals surface area contributed by atoms with Crippen LogP contribution in [0.4, 0.5) is 5.69 Å². The van der Waals surface area contributed by atoms with Crippen LogP contribution in [-0.2, 0) is 4.74 Å². The van der Waals surface area contributed by atoms with Gasteiger partial charge >= 0.3 is 5.97 Å². The molecular formula is C21H19N3O4. The van der Waals surface area contributed by atoms with Gasteiger partial charge in [-0.15, -0.1) is 0 Å². The first-order valence-electron chi connectivity index (χ1n) is 9.08. The van der Waals surface area contributed by atoms with E-state index in [1.54, 1.807) is 31.2 Å². The second-order valence-corrected chi connectivity index (χ2v) is 6.21. The Hall–Kier alpha value is -3.61. The first kappa shape index (κ1) is 17.8. The number of Topliss-reactive ketones (excluding diaryl/α,β-unsaturated/α-hetero) is 1. The van der Waals surface area contributed by atoms with Crippen molar-refractivity contribution in [3.63, 3.8) is 0 Å². The number of hydrogen-bond acceptors (Lipinski definition) is 6. The smallest absolute Gasteiger partial charge is 0.359 e. The molecule has 0 bridgehead atoms. The Morgan fingerprint density at radius 2 is 1.82 bits per heavy atom. The Morgan fingerprint density at radius 1 is 1.11 bits per heavy atom. The van der Waals surface area contributed by atoms with Crippen molar-refractivity contribution < 1.29 is 19.1 Å². The number of hydrogen-bond donors (Lipinski definition) is 1. The number of para-hydroxylation sites is 1. The fraction of sp³-hybridized carbons (Fsp3) is 0.190. The molecule has 0 atom stereocenters. The molecular weight excluding hydrogens is 358 g/mol. The minimum Gasteiger partial charge on any atom is -0.461 e. The van der Waals surface area contributed by atoms with Crippen LogP contribution in [0.3, 0.4) is 0 Å². The molecule has 0 fully saturated rings. The standard InChI is InChI=1S/C21H19N3O4/c1-2-27-21(26)20-19-18(17(25)12-13-22-19)23-24(20)14-8-10-16(11-9-14)28-15-6-4-3-5-7-15/h3-11,22H,2,12-13H2,1H3. The predicted octanol–water partition coefficient (Wildman–Crippen LogP) is 3.84. The topological polar surface area (TPSA) is 82.4 Å². The highest BCUT2D eigenvalue weighted by Crippen LogP contribution is 2.30. The molecule has 7 heteroatoms. The summed E-state index contributed by atoms with van der Waals surface area (Å²) in [5.41, 5.74) is 1.55. The van der Waals surface area contributed by atoms with Gasteiger partial charge in [0.05, 0.1) is 18.0 Å². The first-order chi connectivity index (χ1) is 13.7. The molecule has 0 saturated heterocycles. The highest BCUT2D eigenvalue weighted by molar-refractivity contribution is 6.07. The van der Waals surface area contributed by atoms with Gasteiger partial charge in [0, 0.05) is 13.0 Å². The molecule has 0 spiro atoms. The lowest BCUT2D eigenvalue weighted by Gasteiger charge is -2.13. The summed E-state index contributed by atoms with van der Waals surface area (Å²) in [6, 6.07) is 16.6. The van der Waals surface area contributed by atoms with Crippen LogP contribution in [0, 0.1) is 0 Å². The lowest BCUT2D eigenvalue weighted by molar-refractivity contribution is 0.0517. The van der Waals surface area contributed by atoms with Gasteiger partial charge in [0.15, 0.2) is 17.2 Å². The molecule has 1 aliphatic rings. The number of nitrogens with one attached hydrogen (secondary N) is 1. The lowest BCUT2D eigenvalue weighted by atomic mass is 10.1. The molecule has 0 radical (unpaired) electrons. The molecule has 1 aromatic heterocycles. The number of benzene rings is 2. The summed E-state index contributed by atoms with van der Waals surface area (Å²) in [5.74, 6) is 0.760. The SMILES string of the molecule is CCOC(=O)c1c2c(nn1-c1ccc(Oc3ccccc3)cc1)C(=O)CCN2. The maximum Gasteiger partial charge on any atom is 0.359 e. The Kier molecular flexibility index (Phi) is 4.80. The number of rotatable bonds is 5. The second-order valence-electron chi connectivity index (χ2n) is 6.21. The highest BCUT2D eigenvalue weighted by atomic mass is 16.5. The predicted molar refractivity (Wildman–Crippen MR) is 103 cm³/mol. The van der Waals surface area contributed by atoms with Gasteiger partial charge in [0.1, 0.15) is 11.5 Å². The third kappa shape index (κ3) is 3.34. The molecule has 2 heterocycles. The molecule has 4 rings (SSSR count). The third-order valence-corrected chi connectivity index (χ3v) is 4.33. The van der Waals surface area contributed by atoms with Crippen LogP contribution in [0.2, 0.25) is 0 Å². The Labute approximate surface area is 161 Å². The maximum absolute atomic E-state index is 12.5. The largest absolute Gasteiger partial charge is 0.461 e. The van der Waals surface area contributed by atoms with Gasteiger partial charge in [-0.3, -0.25) is 4.79 Å². The number of esters is 1. The minimum absolute atomic E-state index is 0.0953. The van der Waals surface area contributed by atoms with Crippen LogP contribution < -0.4 is 10.1 Å². The fourth-order valence-corrected chi connectivity index (χ4v) is 3.05. The Balaban J connectivity index is 1.70. The van der Waals surface area contributed by atoms with E-state index in [-0.39, 0.29) is 23.8 Å². The first-order valence-corrected chi connectivity index (χ1v) is 9.08. The van der Waals surface area contributed by atoms with Crippen LogP contribution >= 0.6 is 0 Å². The Bertz CT molecular complexity index is 1010. The van der Waals surface area contributed by atoms with E-state index in [2.05, 4.69) is 10.4 Å². The van der Waals surface area contributed by atoms with Crippen molar-refractivity contribution >= 4 is 17.4 Å². The van der Waals surface area contributed by atoms with Crippen molar-refractivity contribution in [1.29, 1.82) is 0 Å². The average Bonchev–Trinajstić information content (AvgIpc) is 3.11. The number of anilines is 1. The van der Waals surface area contributed by atoms with E-state index < -0.39 is 5.97 Å². The van der Waals surface area contributed by atoms with E-state index in [1.807, 2.05) is 30.3 Å². The van der Waals surface area contributed by atoms with Crippen molar-refractivity contribution in [3.8, 4) is 17.2 Å². The second kappa shape index (κ2) is 7.56. The van der Waals surface area contributed by atoms with E-state index in [9.17, 15) is 9.59 Å². The zero-order valence-corrected chi connectivity index (χ0v) is 15.3. The van der Waals surface area contributed by atoms with Crippen molar-refractivity contribution in [2.24, 2.45) is 0 Å². The summed E-state index contributed by atoms with van der Waals surface area (Å²) in [7, 11) is 0. The van der Waals surface area contributed by atoms with Gasteiger partial charge in [-0.2, -0.15) is 5.10 Å². The quantitative estimate of drug-likeness (QED) is 0.680. The molecule has 0 saturated carbocycles. The number of ether oxygens (including phenoxy) is 2. The normalized spacial score (nSPS) is 12.8. The van der Waals surface area contributed by atoms with E-state index >= 15 is 0 Å². The number of nitrogens with zero attached hydrogens (tertiary/aromatic N) is 2. The van der Waals surface area contributed by atoms with Crippen molar-refractivity contribution in [3.05, 3.63) is 66.0 Å². The molecule has 0 unspecified atom stereocenters. The monoisotopic (exact) mass is 377 g/mol. The van der Waals surface area contributed by atoms with E-state index in [1.165, 1.54) is 4.68 Å². The van der Waals surface area contributed by atoms with Crippen molar-refractivity contribution in [1.82, 2.24) is 9.78 Å². The number of ketones is 1. The van der Waals surface area contributed by atoms with Gasteiger partial charge < -0.3 is 14.8 Å². The minimum atomic E-state index is -0.525. The molecule has 1 aliphatic heterocycles. The third-order valence-electron chi connectivity index (χ3n) is 4.33.